The van der Waals surface area contributed by atoms with E-state index < -0.39 is 10.2 Å². The molecule has 20 heavy (non-hydrogen) atoms. The summed E-state index contributed by atoms with van der Waals surface area (Å²) in [6.45, 7) is 6.10. The zero-order valence-corrected chi connectivity index (χ0v) is 13.5. The van der Waals surface area contributed by atoms with Crippen LogP contribution >= 0.6 is 0 Å². The van der Waals surface area contributed by atoms with E-state index in [0.29, 0.717) is 31.5 Å². The third kappa shape index (κ3) is 3.93. The van der Waals surface area contributed by atoms with Gasteiger partial charge in [0.25, 0.3) is 10.2 Å². The molecule has 5 nitrogen and oxygen atoms in total. The summed E-state index contributed by atoms with van der Waals surface area (Å²) in [5.41, 5.74) is 5.79. The highest BCUT2D eigenvalue weighted by Crippen LogP contribution is 2.26. The van der Waals surface area contributed by atoms with E-state index in [-0.39, 0.29) is 12.0 Å². The fourth-order valence-electron chi connectivity index (χ4n) is 3.71. The smallest absolute Gasteiger partial charge is 0.279 e. The van der Waals surface area contributed by atoms with Crippen molar-refractivity contribution in [3.8, 4) is 0 Å². The van der Waals surface area contributed by atoms with E-state index in [0.717, 1.165) is 32.1 Å². The Bertz CT molecular complexity index is 403. The van der Waals surface area contributed by atoms with Gasteiger partial charge in [-0.05, 0) is 43.6 Å². The van der Waals surface area contributed by atoms with Crippen LogP contribution in [0.1, 0.15) is 46.0 Å². The van der Waals surface area contributed by atoms with Crippen molar-refractivity contribution in [2.24, 2.45) is 23.5 Å². The molecular weight excluding hydrogens is 274 g/mol. The van der Waals surface area contributed by atoms with Crippen LogP contribution in [-0.4, -0.2) is 38.4 Å². The molecule has 2 aliphatic rings. The molecule has 4 unspecified atom stereocenters. The second-order valence-electron chi connectivity index (χ2n) is 6.77. The van der Waals surface area contributed by atoms with Crippen molar-refractivity contribution in [3.63, 3.8) is 0 Å². The normalized spacial score (nSPS) is 37.0. The van der Waals surface area contributed by atoms with Gasteiger partial charge in [-0.1, -0.05) is 26.7 Å². The predicted octanol–water partition coefficient (Wildman–Crippen LogP) is 1.32. The van der Waals surface area contributed by atoms with Crippen molar-refractivity contribution in [2.45, 2.75) is 52.0 Å². The van der Waals surface area contributed by atoms with Crippen LogP contribution in [0, 0.1) is 17.8 Å². The molecule has 4 atom stereocenters. The zero-order valence-electron chi connectivity index (χ0n) is 12.7. The lowest BCUT2D eigenvalue weighted by Gasteiger charge is -2.37. The molecule has 0 spiro atoms. The maximum Gasteiger partial charge on any atom is 0.279 e. The first kappa shape index (κ1) is 16.2. The van der Waals surface area contributed by atoms with Crippen LogP contribution < -0.4 is 10.5 Å². The Labute approximate surface area is 123 Å². The van der Waals surface area contributed by atoms with Crippen LogP contribution in [0.3, 0.4) is 0 Å². The van der Waals surface area contributed by atoms with E-state index in [9.17, 15) is 8.42 Å². The number of rotatable bonds is 4. The SMILES string of the molecule is CC1CC(C)CN(S(=O)(=O)NC2CCCCC2CN)C1. The van der Waals surface area contributed by atoms with Gasteiger partial charge in [-0.2, -0.15) is 17.4 Å². The van der Waals surface area contributed by atoms with Crippen molar-refractivity contribution in [2.75, 3.05) is 19.6 Å². The molecule has 1 aliphatic heterocycles. The predicted molar refractivity (Wildman–Crippen MR) is 81.4 cm³/mol. The average Bonchev–Trinajstić information content (AvgIpc) is 2.38. The molecule has 0 aromatic heterocycles. The highest BCUT2D eigenvalue weighted by atomic mass is 32.2. The molecular formula is C14H29N3O2S. The maximum atomic E-state index is 12.6. The molecule has 118 valence electrons. The largest absolute Gasteiger partial charge is 0.330 e. The molecule has 0 aromatic carbocycles. The second-order valence-corrected chi connectivity index (χ2v) is 8.47. The van der Waals surface area contributed by atoms with E-state index >= 15 is 0 Å². The summed E-state index contributed by atoms with van der Waals surface area (Å²) in [7, 11) is -3.36. The molecule has 0 amide bonds. The lowest BCUT2D eigenvalue weighted by atomic mass is 9.85. The first-order valence-electron chi connectivity index (χ1n) is 7.90. The maximum absolute atomic E-state index is 12.6. The molecule has 1 saturated carbocycles. The van der Waals surface area contributed by atoms with Crippen LogP contribution in [0.5, 0.6) is 0 Å². The summed E-state index contributed by atoms with van der Waals surface area (Å²) in [6, 6.07) is 0.0197. The van der Waals surface area contributed by atoms with Gasteiger partial charge in [0.1, 0.15) is 0 Å². The molecule has 0 radical (unpaired) electrons. The number of nitrogens with zero attached hydrogens (tertiary/aromatic N) is 1. The van der Waals surface area contributed by atoms with Gasteiger partial charge in [-0.25, -0.2) is 0 Å². The van der Waals surface area contributed by atoms with Crippen molar-refractivity contribution >= 4 is 10.2 Å². The van der Waals surface area contributed by atoms with Crippen molar-refractivity contribution in [3.05, 3.63) is 0 Å². The third-order valence-electron chi connectivity index (χ3n) is 4.69. The standard InChI is InChI=1S/C14H29N3O2S/c1-11-7-12(2)10-17(9-11)20(18,19)16-14-6-4-3-5-13(14)8-15/h11-14,16H,3-10,15H2,1-2H3. The summed E-state index contributed by atoms with van der Waals surface area (Å²) in [4.78, 5) is 0. The first-order chi connectivity index (χ1) is 9.42. The highest BCUT2D eigenvalue weighted by molar-refractivity contribution is 7.87. The van der Waals surface area contributed by atoms with Crippen LogP contribution in [-0.2, 0) is 10.2 Å². The molecule has 1 aliphatic carbocycles. The summed E-state index contributed by atoms with van der Waals surface area (Å²) < 4.78 is 29.7. The van der Waals surface area contributed by atoms with Crippen molar-refractivity contribution < 1.29 is 8.42 Å². The number of piperidine rings is 1. The molecule has 2 fully saturated rings. The lowest BCUT2D eigenvalue weighted by Crippen LogP contribution is -2.53. The van der Waals surface area contributed by atoms with Crippen LogP contribution in [0.2, 0.25) is 0 Å². The third-order valence-corrected chi connectivity index (χ3v) is 6.27. The summed E-state index contributed by atoms with van der Waals surface area (Å²) in [6.07, 6.45) is 5.33. The van der Waals surface area contributed by atoms with Gasteiger partial charge in [-0.15, -0.1) is 0 Å². The number of nitrogens with two attached hydrogens (primary N) is 1. The Morgan fingerprint density at radius 1 is 1.15 bits per heavy atom. The fourth-order valence-corrected chi connectivity index (χ4v) is 5.46. The monoisotopic (exact) mass is 303 g/mol. The average molecular weight is 303 g/mol. The Kier molecular flexibility index (Phi) is 5.45. The number of hydrogen-bond acceptors (Lipinski definition) is 3. The first-order valence-corrected chi connectivity index (χ1v) is 9.34. The van der Waals surface area contributed by atoms with Gasteiger partial charge >= 0.3 is 0 Å². The van der Waals surface area contributed by atoms with Crippen molar-refractivity contribution in [1.82, 2.24) is 9.03 Å². The van der Waals surface area contributed by atoms with Gasteiger partial charge < -0.3 is 5.73 Å². The van der Waals surface area contributed by atoms with Gasteiger partial charge in [0.05, 0.1) is 0 Å². The Hall–Kier alpha value is -0.170. The molecule has 2 rings (SSSR count). The molecule has 6 heteroatoms. The molecule has 1 heterocycles. The molecule has 0 aromatic rings. The zero-order chi connectivity index (χ0) is 14.8. The minimum atomic E-state index is -3.36. The van der Waals surface area contributed by atoms with E-state index in [2.05, 4.69) is 18.6 Å². The summed E-state index contributed by atoms with van der Waals surface area (Å²) >= 11 is 0. The second kappa shape index (κ2) is 6.73. The summed E-state index contributed by atoms with van der Waals surface area (Å²) in [5.74, 6) is 1.16. The van der Waals surface area contributed by atoms with Crippen LogP contribution in [0.25, 0.3) is 0 Å². The molecule has 1 saturated heterocycles. The van der Waals surface area contributed by atoms with Gasteiger partial charge in [-0.3, -0.25) is 0 Å². The summed E-state index contributed by atoms with van der Waals surface area (Å²) in [5, 5.41) is 0. The van der Waals surface area contributed by atoms with E-state index in [1.165, 1.54) is 0 Å². The van der Waals surface area contributed by atoms with E-state index in [1.807, 2.05) is 0 Å². The number of nitrogens with one attached hydrogen (secondary N) is 1. The van der Waals surface area contributed by atoms with Crippen LogP contribution in [0.15, 0.2) is 0 Å². The topological polar surface area (TPSA) is 75.4 Å². The van der Waals surface area contributed by atoms with Crippen molar-refractivity contribution in [1.29, 1.82) is 0 Å². The Balaban J connectivity index is 2.02. The highest BCUT2D eigenvalue weighted by Gasteiger charge is 2.34. The fraction of sp³-hybridized carbons (Fsp3) is 1.00. The Morgan fingerprint density at radius 2 is 1.75 bits per heavy atom. The quantitative estimate of drug-likeness (QED) is 0.822. The van der Waals surface area contributed by atoms with Gasteiger partial charge in [0, 0.05) is 19.1 Å². The minimum absolute atomic E-state index is 0.0197. The van der Waals surface area contributed by atoms with E-state index in [4.69, 9.17) is 5.73 Å². The molecule has 3 N–H and O–H groups in total. The van der Waals surface area contributed by atoms with E-state index in [1.54, 1.807) is 4.31 Å². The van der Waals surface area contributed by atoms with Crippen LogP contribution in [0.4, 0.5) is 0 Å². The minimum Gasteiger partial charge on any atom is -0.330 e. The van der Waals surface area contributed by atoms with Gasteiger partial charge in [0.15, 0.2) is 0 Å². The number of hydrogen-bond donors (Lipinski definition) is 2. The molecule has 0 bridgehead atoms. The van der Waals surface area contributed by atoms with Gasteiger partial charge in [0.2, 0.25) is 0 Å². The Morgan fingerprint density at radius 3 is 2.35 bits per heavy atom. The lowest BCUT2D eigenvalue weighted by molar-refractivity contribution is 0.215.